The molecule has 0 unspecified atom stereocenters. The van der Waals surface area contributed by atoms with E-state index in [1.165, 1.54) is 0 Å². The van der Waals surface area contributed by atoms with Crippen LogP contribution in [0.15, 0.2) is 24.3 Å². The van der Waals surface area contributed by atoms with Gasteiger partial charge in [-0.25, -0.2) is 0 Å². The molecule has 0 amide bonds. The Morgan fingerprint density at radius 2 is 1.88 bits per heavy atom. The average molecular weight is 246 g/mol. The number of hydrogen-bond acceptors (Lipinski definition) is 2. The van der Waals surface area contributed by atoms with Gasteiger partial charge in [-0.05, 0) is 18.6 Å². The normalized spacial score (nSPS) is 13.5. The average Bonchev–Trinajstić information content (AvgIpc) is 2.25. The van der Waals surface area contributed by atoms with Crippen molar-refractivity contribution in [2.75, 3.05) is 18.5 Å². The van der Waals surface area contributed by atoms with Crippen LogP contribution in [0, 0.1) is 0 Å². The maximum absolute atomic E-state index is 12.1. The van der Waals surface area contributed by atoms with Crippen molar-refractivity contribution >= 4 is 5.69 Å². The van der Waals surface area contributed by atoms with Crippen molar-refractivity contribution in [2.24, 2.45) is 5.73 Å². The van der Waals surface area contributed by atoms with Crippen LogP contribution >= 0.6 is 0 Å². The molecule has 0 spiro atoms. The second kappa shape index (κ2) is 5.40. The second-order valence-corrected chi connectivity index (χ2v) is 4.13. The van der Waals surface area contributed by atoms with Crippen LogP contribution in [-0.2, 0) is 0 Å². The topological polar surface area (TPSA) is 29.3 Å². The highest BCUT2D eigenvalue weighted by Crippen LogP contribution is 2.26. The molecule has 1 aromatic carbocycles. The zero-order valence-corrected chi connectivity index (χ0v) is 9.96. The van der Waals surface area contributed by atoms with Gasteiger partial charge in [0.2, 0.25) is 0 Å². The molecule has 1 aromatic rings. The van der Waals surface area contributed by atoms with Crippen LogP contribution in [0.2, 0.25) is 0 Å². The van der Waals surface area contributed by atoms with E-state index in [2.05, 4.69) is 0 Å². The van der Waals surface area contributed by atoms with Crippen LogP contribution in [0.25, 0.3) is 0 Å². The Balaban J connectivity index is 2.78. The lowest BCUT2D eigenvalue weighted by Gasteiger charge is -2.24. The summed E-state index contributed by atoms with van der Waals surface area (Å²) in [4.78, 5) is 1.59. The lowest BCUT2D eigenvalue weighted by atomic mass is 10.1. The molecule has 2 N–H and O–H groups in total. The maximum Gasteiger partial charge on any atom is 0.390 e. The first-order valence-corrected chi connectivity index (χ1v) is 5.43. The van der Waals surface area contributed by atoms with Crippen LogP contribution in [-0.4, -0.2) is 19.8 Å². The summed E-state index contributed by atoms with van der Waals surface area (Å²) >= 11 is 0. The van der Waals surface area contributed by atoms with Gasteiger partial charge in [-0.3, -0.25) is 0 Å². The summed E-state index contributed by atoms with van der Waals surface area (Å²) < 4.78 is 36.4. The van der Waals surface area contributed by atoms with Gasteiger partial charge >= 0.3 is 6.18 Å². The standard InChI is InChI=1S/C12H17F3N2/c1-9(16)10-5-3-4-6-11(10)17(2)8-7-12(13,14)15/h3-6,9H,7-8,16H2,1-2H3/t9-/m0/s1. The monoisotopic (exact) mass is 246 g/mol. The molecule has 0 radical (unpaired) electrons. The Kier molecular flexibility index (Phi) is 4.40. The molecule has 5 heteroatoms. The Morgan fingerprint density at radius 3 is 2.41 bits per heavy atom. The molecule has 96 valence electrons. The van der Waals surface area contributed by atoms with Gasteiger partial charge in [-0.2, -0.15) is 13.2 Å². The predicted octanol–water partition coefficient (Wildman–Crippen LogP) is 3.09. The summed E-state index contributed by atoms with van der Waals surface area (Å²) in [5.74, 6) is 0. The molecule has 17 heavy (non-hydrogen) atoms. The van der Waals surface area contributed by atoms with E-state index in [0.29, 0.717) is 0 Å². The minimum absolute atomic E-state index is 0.0623. The minimum Gasteiger partial charge on any atom is -0.374 e. The van der Waals surface area contributed by atoms with Gasteiger partial charge < -0.3 is 10.6 Å². The number of halogens is 3. The molecule has 1 atom stereocenters. The summed E-state index contributed by atoms with van der Waals surface area (Å²) in [5, 5.41) is 0. The summed E-state index contributed by atoms with van der Waals surface area (Å²) in [6.45, 7) is 1.75. The fourth-order valence-corrected chi connectivity index (χ4v) is 1.64. The van der Waals surface area contributed by atoms with Crippen LogP contribution in [0.5, 0.6) is 0 Å². The van der Waals surface area contributed by atoms with Crippen molar-refractivity contribution in [2.45, 2.75) is 25.6 Å². The molecule has 0 fully saturated rings. The van der Waals surface area contributed by atoms with Crippen molar-refractivity contribution in [1.82, 2.24) is 0 Å². The third-order valence-electron chi connectivity index (χ3n) is 2.57. The van der Waals surface area contributed by atoms with Gasteiger partial charge in [0.25, 0.3) is 0 Å². The summed E-state index contributed by atoms with van der Waals surface area (Å²) in [6, 6.07) is 7.06. The zero-order valence-electron chi connectivity index (χ0n) is 9.96. The first-order valence-electron chi connectivity index (χ1n) is 5.43. The van der Waals surface area contributed by atoms with E-state index in [1.54, 1.807) is 24.1 Å². The van der Waals surface area contributed by atoms with Gasteiger partial charge in [0.15, 0.2) is 0 Å². The molecule has 0 saturated heterocycles. The fraction of sp³-hybridized carbons (Fsp3) is 0.500. The largest absolute Gasteiger partial charge is 0.390 e. The van der Waals surface area contributed by atoms with Gasteiger partial charge in [0.05, 0.1) is 6.42 Å². The van der Waals surface area contributed by atoms with Crippen molar-refractivity contribution in [1.29, 1.82) is 0 Å². The lowest BCUT2D eigenvalue weighted by molar-refractivity contribution is -0.132. The number of rotatable bonds is 4. The quantitative estimate of drug-likeness (QED) is 0.884. The molecule has 0 bridgehead atoms. The number of nitrogens with two attached hydrogens (primary N) is 1. The molecule has 1 rings (SSSR count). The highest BCUT2D eigenvalue weighted by Gasteiger charge is 2.27. The lowest BCUT2D eigenvalue weighted by Crippen LogP contribution is -2.25. The predicted molar refractivity (Wildman–Crippen MR) is 63.0 cm³/mol. The summed E-state index contributed by atoms with van der Waals surface area (Å²) in [7, 11) is 1.65. The van der Waals surface area contributed by atoms with E-state index < -0.39 is 12.6 Å². The number of anilines is 1. The Labute approximate surface area is 99.2 Å². The van der Waals surface area contributed by atoms with Crippen LogP contribution in [0.4, 0.5) is 18.9 Å². The number of para-hydroxylation sites is 1. The van der Waals surface area contributed by atoms with E-state index in [9.17, 15) is 13.2 Å². The molecular weight excluding hydrogens is 229 g/mol. The molecule has 0 aliphatic carbocycles. The molecule has 0 saturated carbocycles. The molecule has 2 nitrogen and oxygen atoms in total. The minimum atomic E-state index is -4.13. The molecule has 0 heterocycles. The highest BCUT2D eigenvalue weighted by molar-refractivity contribution is 5.54. The number of benzene rings is 1. The van der Waals surface area contributed by atoms with Crippen molar-refractivity contribution in [3.8, 4) is 0 Å². The van der Waals surface area contributed by atoms with E-state index in [-0.39, 0.29) is 12.6 Å². The van der Waals surface area contributed by atoms with Gasteiger partial charge in [0, 0.05) is 25.3 Å². The highest BCUT2D eigenvalue weighted by atomic mass is 19.4. The third kappa shape index (κ3) is 4.26. The number of alkyl halides is 3. The van der Waals surface area contributed by atoms with Crippen molar-refractivity contribution < 1.29 is 13.2 Å². The molecule has 0 aromatic heterocycles. The first-order chi connectivity index (χ1) is 7.81. The van der Waals surface area contributed by atoms with E-state index in [0.717, 1.165) is 11.3 Å². The van der Waals surface area contributed by atoms with Crippen molar-refractivity contribution in [3.63, 3.8) is 0 Å². The van der Waals surface area contributed by atoms with E-state index in [1.807, 2.05) is 19.1 Å². The van der Waals surface area contributed by atoms with E-state index >= 15 is 0 Å². The Hall–Kier alpha value is -1.23. The third-order valence-corrected chi connectivity index (χ3v) is 2.57. The first kappa shape index (κ1) is 13.8. The Bertz CT molecular complexity index is 361. The smallest absolute Gasteiger partial charge is 0.374 e. The van der Waals surface area contributed by atoms with E-state index in [4.69, 9.17) is 5.73 Å². The van der Waals surface area contributed by atoms with Crippen molar-refractivity contribution in [3.05, 3.63) is 29.8 Å². The zero-order chi connectivity index (χ0) is 13.1. The molecular formula is C12H17F3N2. The van der Waals surface area contributed by atoms with Gasteiger partial charge in [-0.1, -0.05) is 18.2 Å². The maximum atomic E-state index is 12.1. The van der Waals surface area contributed by atoms with Crippen LogP contribution in [0.1, 0.15) is 24.9 Å². The number of hydrogen-bond donors (Lipinski definition) is 1. The molecule has 0 aliphatic rings. The fourth-order valence-electron chi connectivity index (χ4n) is 1.64. The SMILES string of the molecule is C[C@H](N)c1ccccc1N(C)CCC(F)(F)F. The van der Waals surface area contributed by atoms with Crippen LogP contribution < -0.4 is 10.6 Å². The summed E-state index contributed by atoms with van der Waals surface area (Å²) in [5.41, 5.74) is 7.40. The van der Waals surface area contributed by atoms with Gasteiger partial charge in [0.1, 0.15) is 0 Å². The van der Waals surface area contributed by atoms with Gasteiger partial charge in [-0.15, -0.1) is 0 Å². The number of nitrogens with zero attached hydrogens (tertiary/aromatic N) is 1. The Morgan fingerprint density at radius 1 is 1.29 bits per heavy atom. The van der Waals surface area contributed by atoms with Crippen LogP contribution in [0.3, 0.4) is 0 Å². The second-order valence-electron chi connectivity index (χ2n) is 4.13. The summed E-state index contributed by atoms with van der Waals surface area (Å²) in [6.07, 6.45) is -4.95. The molecule has 0 aliphatic heterocycles.